The summed E-state index contributed by atoms with van der Waals surface area (Å²) in [7, 11) is 1.34. The van der Waals surface area contributed by atoms with Gasteiger partial charge in [-0.05, 0) is 41.8 Å². The number of ether oxygens (including phenoxy) is 3. The first-order chi connectivity index (χ1) is 14.0. The Morgan fingerprint density at radius 2 is 1.97 bits per heavy atom. The molecule has 2 aromatic rings. The van der Waals surface area contributed by atoms with Crippen LogP contribution in [0.15, 0.2) is 42.2 Å². The number of nitrogens with zero attached hydrogens (tertiary/aromatic N) is 1. The Balaban J connectivity index is 1.60. The molecule has 0 N–H and O–H groups in total. The Kier molecular flexibility index (Phi) is 5.11. The summed E-state index contributed by atoms with van der Waals surface area (Å²) in [5.41, 5.74) is 2.68. The number of ketones is 1. The molecule has 2 aromatic carbocycles. The van der Waals surface area contributed by atoms with E-state index in [-0.39, 0.29) is 11.5 Å². The normalized spacial score (nSPS) is 17.0. The van der Waals surface area contributed by atoms with Gasteiger partial charge in [0.2, 0.25) is 5.78 Å². The quantitative estimate of drug-likeness (QED) is 0.580. The fourth-order valence-electron chi connectivity index (χ4n) is 3.62. The molecule has 0 aromatic heterocycles. The maximum absolute atomic E-state index is 12.8. The van der Waals surface area contributed by atoms with Crippen molar-refractivity contribution < 1.29 is 23.8 Å². The smallest absolute Gasteiger partial charge is 0.337 e. The zero-order valence-electron chi connectivity index (χ0n) is 16.7. The molecule has 2 aliphatic heterocycles. The van der Waals surface area contributed by atoms with Gasteiger partial charge >= 0.3 is 5.97 Å². The van der Waals surface area contributed by atoms with Gasteiger partial charge in [-0.3, -0.25) is 9.69 Å². The summed E-state index contributed by atoms with van der Waals surface area (Å²) < 4.78 is 16.6. The third-order valence-electron chi connectivity index (χ3n) is 4.94. The summed E-state index contributed by atoms with van der Waals surface area (Å²) in [6.07, 6.45) is 1.69. The highest BCUT2D eigenvalue weighted by molar-refractivity contribution is 6.15. The van der Waals surface area contributed by atoms with Crippen LogP contribution in [0.4, 0.5) is 0 Å². The molecule has 6 heteroatoms. The van der Waals surface area contributed by atoms with Crippen molar-refractivity contribution >= 4 is 17.8 Å². The van der Waals surface area contributed by atoms with Gasteiger partial charge in [-0.1, -0.05) is 26.0 Å². The second-order valence-electron chi connectivity index (χ2n) is 7.65. The largest absolute Gasteiger partial charge is 0.478 e. The molecular weight excluding hydrogens is 370 g/mol. The van der Waals surface area contributed by atoms with E-state index in [9.17, 15) is 9.59 Å². The summed E-state index contributed by atoms with van der Waals surface area (Å²) in [6.45, 7) is 6.46. The summed E-state index contributed by atoms with van der Waals surface area (Å²) in [5, 5.41) is 0. The van der Waals surface area contributed by atoms with Gasteiger partial charge in [-0.2, -0.15) is 0 Å². The molecule has 0 saturated heterocycles. The lowest BCUT2D eigenvalue weighted by Crippen LogP contribution is -2.34. The molecule has 0 aliphatic carbocycles. The van der Waals surface area contributed by atoms with Crippen molar-refractivity contribution in [3.05, 3.63) is 64.4 Å². The van der Waals surface area contributed by atoms with Crippen LogP contribution in [-0.4, -0.2) is 37.0 Å². The number of esters is 1. The Morgan fingerprint density at radius 1 is 1.21 bits per heavy atom. The monoisotopic (exact) mass is 393 g/mol. The van der Waals surface area contributed by atoms with Crippen LogP contribution in [0.2, 0.25) is 0 Å². The molecule has 0 saturated carbocycles. The predicted octanol–water partition coefficient (Wildman–Crippen LogP) is 3.90. The third kappa shape index (κ3) is 3.76. The van der Waals surface area contributed by atoms with E-state index >= 15 is 0 Å². The van der Waals surface area contributed by atoms with Crippen LogP contribution in [0.25, 0.3) is 6.08 Å². The van der Waals surface area contributed by atoms with Gasteiger partial charge in [0, 0.05) is 13.1 Å². The van der Waals surface area contributed by atoms with Crippen molar-refractivity contribution in [3.8, 4) is 11.5 Å². The molecule has 29 heavy (non-hydrogen) atoms. The van der Waals surface area contributed by atoms with E-state index in [0.29, 0.717) is 36.1 Å². The molecule has 0 unspecified atom stereocenters. The SMILES string of the molecule is COC(=O)c1ccc(/C=C2\Oc3c(ccc4c3CN(CC(C)C)CO4)C2=O)cc1. The molecule has 0 amide bonds. The molecule has 0 atom stereocenters. The van der Waals surface area contributed by atoms with Gasteiger partial charge in [0.1, 0.15) is 18.2 Å². The maximum Gasteiger partial charge on any atom is 0.337 e. The van der Waals surface area contributed by atoms with Crippen molar-refractivity contribution in [1.29, 1.82) is 0 Å². The summed E-state index contributed by atoms with van der Waals surface area (Å²) in [6, 6.07) is 10.4. The first kappa shape index (κ1) is 19.2. The van der Waals surface area contributed by atoms with Gasteiger partial charge in [0.25, 0.3) is 0 Å². The average Bonchev–Trinajstić information content (AvgIpc) is 3.03. The van der Waals surface area contributed by atoms with Gasteiger partial charge in [-0.25, -0.2) is 4.79 Å². The van der Waals surface area contributed by atoms with Crippen molar-refractivity contribution in [2.45, 2.75) is 20.4 Å². The van der Waals surface area contributed by atoms with Crippen molar-refractivity contribution in [2.24, 2.45) is 5.92 Å². The topological polar surface area (TPSA) is 65.1 Å². The van der Waals surface area contributed by atoms with Gasteiger partial charge < -0.3 is 14.2 Å². The average molecular weight is 393 g/mol. The highest BCUT2D eigenvalue weighted by Crippen LogP contribution is 2.42. The highest BCUT2D eigenvalue weighted by atomic mass is 16.5. The molecule has 2 aliphatic rings. The second kappa shape index (κ2) is 7.72. The molecule has 0 radical (unpaired) electrons. The number of methoxy groups -OCH3 is 1. The number of Topliss-reactive ketones (excluding diaryl/α,β-unsaturated/α-hetero) is 1. The van der Waals surface area contributed by atoms with Crippen LogP contribution in [0.1, 0.15) is 45.7 Å². The molecule has 0 spiro atoms. The zero-order chi connectivity index (χ0) is 20.5. The van der Waals surface area contributed by atoms with Crippen LogP contribution >= 0.6 is 0 Å². The predicted molar refractivity (Wildman–Crippen MR) is 108 cm³/mol. The van der Waals surface area contributed by atoms with E-state index in [1.54, 1.807) is 36.4 Å². The lowest BCUT2D eigenvalue weighted by molar-refractivity contribution is 0.0600. The Bertz CT molecular complexity index is 991. The minimum absolute atomic E-state index is 0.152. The fourth-order valence-corrected chi connectivity index (χ4v) is 3.62. The zero-order valence-corrected chi connectivity index (χ0v) is 16.7. The fraction of sp³-hybridized carbons (Fsp3) is 0.304. The number of carbonyl (C=O) groups excluding carboxylic acids is 2. The van der Waals surface area contributed by atoms with Crippen LogP contribution in [-0.2, 0) is 11.3 Å². The number of allylic oxidation sites excluding steroid dienone is 1. The third-order valence-corrected chi connectivity index (χ3v) is 4.94. The first-order valence-electron chi connectivity index (χ1n) is 9.60. The van der Waals surface area contributed by atoms with Crippen molar-refractivity contribution in [1.82, 2.24) is 4.90 Å². The number of benzene rings is 2. The van der Waals surface area contributed by atoms with E-state index in [1.165, 1.54) is 7.11 Å². The van der Waals surface area contributed by atoms with E-state index in [4.69, 9.17) is 14.2 Å². The van der Waals surface area contributed by atoms with Crippen LogP contribution < -0.4 is 9.47 Å². The Morgan fingerprint density at radius 3 is 2.66 bits per heavy atom. The van der Waals surface area contributed by atoms with E-state index in [0.717, 1.165) is 23.4 Å². The second-order valence-corrected chi connectivity index (χ2v) is 7.65. The molecule has 6 nitrogen and oxygen atoms in total. The van der Waals surface area contributed by atoms with Crippen LogP contribution in [0.3, 0.4) is 0 Å². The molecule has 150 valence electrons. The van der Waals surface area contributed by atoms with Crippen molar-refractivity contribution in [3.63, 3.8) is 0 Å². The first-order valence-corrected chi connectivity index (χ1v) is 9.60. The maximum atomic E-state index is 12.8. The van der Waals surface area contributed by atoms with Crippen LogP contribution in [0.5, 0.6) is 11.5 Å². The number of fused-ring (bicyclic) bond motifs is 3. The molecule has 2 heterocycles. The Labute approximate surface area is 169 Å². The number of carbonyl (C=O) groups is 2. The standard InChI is InChI=1S/C23H23NO5/c1-14(2)11-24-12-18-19(28-13-24)9-8-17-21(25)20(29-22(17)18)10-15-4-6-16(7-5-15)23(26)27-3/h4-10,14H,11-13H2,1-3H3/b20-10-. The van der Waals surface area contributed by atoms with Gasteiger partial charge in [0.05, 0.1) is 23.8 Å². The minimum Gasteiger partial charge on any atom is -0.478 e. The molecular formula is C23H23NO5. The summed E-state index contributed by atoms with van der Waals surface area (Å²) in [5.74, 6) is 1.57. The number of rotatable bonds is 4. The summed E-state index contributed by atoms with van der Waals surface area (Å²) in [4.78, 5) is 26.6. The van der Waals surface area contributed by atoms with E-state index in [2.05, 4.69) is 18.7 Å². The number of hydrogen-bond donors (Lipinski definition) is 0. The summed E-state index contributed by atoms with van der Waals surface area (Å²) >= 11 is 0. The number of hydrogen-bond acceptors (Lipinski definition) is 6. The molecule has 0 fully saturated rings. The van der Waals surface area contributed by atoms with E-state index < -0.39 is 5.97 Å². The van der Waals surface area contributed by atoms with Crippen molar-refractivity contribution in [2.75, 3.05) is 20.4 Å². The highest BCUT2D eigenvalue weighted by Gasteiger charge is 2.33. The lowest BCUT2D eigenvalue weighted by Gasteiger charge is -2.30. The van der Waals surface area contributed by atoms with Crippen LogP contribution in [0, 0.1) is 5.92 Å². The Hall–Kier alpha value is -3.12. The molecule has 4 rings (SSSR count). The molecule has 0 bridgehead atoms. The van der Waals surface area contributed by atoms with Gasteiger partial charge in [-0.15, -0.1) is 0 Å². The van der Waals surface area contributed by atoms with Gasteiger partial charge in [0.15, 0.2) is 5.76 Å². The van der Waals surface area contributed by atoms with E-state index in [1.807, 2.05) is 6.07 Å². The lowest BCUT2D eigenvalue weighted by atomic mass is 10.0. The minimum atomic E-state index is -0.401.